The highest BCUT2D eigenvalue weighted by atomic mass is 32.1. The zero-order valence-corrected chi connectivity index (χ0v) is 9.94. The smallest absolute Gasteiger partial charge is 0.159 e. The molecule has 2 rings (SSSR count). The van der Waals surface area contributed by atoms with Crippen LogP contribution in [0.4, 0.5) is 8.78 Å². The zero-order chi connectivity index (χ0) is 12.3. The molecule has 0 saturated heterocycles. The summed E-state index contributed by atoms with van der Waals surface area (Å²) in [6, 6.07) is 3.81. The number of hydrogen-bond acceptors (Lipinski definition) is 3. The van der Waals surface area contributed by atoms with Gasteiger partial charge in [-0.25, -0.2) is 13.8 Å². The Bertz CT molecular complexity index is 511. The number of nitrogens with two attached hydrogens (primary N) is 1. The second-order valence-electron chi connectivity index (χ2n) is 3.65. The highest BCUT2D eigenvalue weighted by molar-refractivity contribution is 7.09. The summed E-state index contributed by atoms with van der Waals surface area (Å²) < 4.78 is 25.8. The van der Waals surface area contributed by atoms with Gasteiger partial charge in [-0.3, -0.25) is 0 Å². The summed E-state index contributed by atoms with van der Waals surface area (Å²) in [6.45, 7) is 0.625. The minimum Gasteiger partial charge on any atom is -0.330 e. The minimum absolute atomic E-state index is 0.596. The van der Waals surface area contributed by atoms with Crippen molar-refractivity contribution in [1.82, 2.24) is 4.98 Å². The SMILES string of the molecule is NCCCc1nc(-c2ccc(F)c(F)c2)cs1. The topological polar surface area (TPSA) is 38.9 Å². The van der Waals surface area contributed by atoms with Crippen LogP contribution in [0.1, 0.15) is 11.4 Å². The van der Waals surface area contributed by atoms with Gasteiger partial charge in [0.1, 0.15) is 0 Å². The van der Waals surface area contributed by atoms with Gasteiger partial charge in [-0.15, -0.1) is 11.3 Å². The van der Waals surface area contributed by atoms with E-state index in [1.54, 1.807) is 0 Å². The Balaban J connectivity index is 2.21. The second kappa shape index (κ2) is 5.33. The average molecular weight is 254 g/mol. The monoisotopic (exact) mass is 254 g/mol. The largest absolute Gasteiger partial charge is 0.330 e. The van der Waals surface area contributed by atoms with Crippen LogP contribution in [0.5, 0.6) is 0 Å². The van der Waals surface area contributed by atoms with E-state index in [2.05, 4.69) is 4.98 Å². The van der Waals surface area contributed by atoms with E-state index in [-0.39, 0.29) is 0 Å². The summed E-state index contributed by atoms with van der Waals surface area (Å²) in [5, 5.41) is 2.81. The molecule has 90 valence electrons. The van der Waals surface area contributed by atoms with E-state index in [0.29, 0.717) is 17.8 Å². The molecule has 1 aromatic heterocycles. The van der Waals surface area contributed by atoms with Gasteiger partial charge in [0.2, 0.25) is 0 Å². The van der Waals surface area contributed by atoms with Gasteiger partial charge in [-0.1, -0.05) is 0 Å². The molecule has 1 aromatic carbocycles. The van der Waals surface area contributed by atoms with Crippen molar-refractivity contribution in [2.45, 2.75) is 12.8 Å². The Morgan fingerprint density at radius 3 is 2.76 bits per heavy atom. The predicted octanol–water partition coefficient (Wildman–Crippen LogP) is 2.98. The van der Waals surface area contributed by atoms with Gasteiger partial charge in [0.25, 0.3) is 0 Å². The van der Waals surface area contributed by atoms with Crippen molar-refractivity contribution in [2.24, 2.45) is 5.73 Å². The fraction of sp³-hybridized carbons (Fsp3) is 0.250. The lowest BCUT2D eigenvalue weighted by molar-refractivity contribution is 0.509. The maximum atomic E-state index is 13.1. The molecule has 0 fully saturated rings. The van der Waals surface area contributed by atoms with Crippen molar-refractivity contribution in [2.75, 3.05) is 6.54 Å². The molecule has 0 spiro atoms. The first-order chi connectivity index (χ1) is 8.20. The van der Waals surface area contributed by atoms with Crippen LogP contribution in [0.15, 0.2) is 23.6 Å². The third-order valence-corrected chi connectivity index (χ3v) is 3.27. The molecule has 0 atom stereocenters. The number of thiazole rings is 1. The van der Waals surface area contributed by atoms with Crippen LogP contribution in [0.3, 0.4) is 0 Å². The number of benzene rings is 1. The fourth-order valence-corrected chi connectivity index (χ4v) is 2.32. The molecule has 0 aliphatic carbocycles. The number of halogens is 2. The predicted molar refractivity (Wildman–Crippen MR) is 64.8 cm³/mol. The number of rotatable bonds is 4. The van der Waals surface area contributed by atoms with Gasteiger partial charge in [0, 0.05) is 17.4 Å². The van der Waals surface area contributed by atoms with Crippen molar-refractivity contribution in [3.05, 3.63) is 40.2 Å². The second-order valence-corrected chi connectivity index (χ2v) is 4.59. The molecule has 1 heterocycles. The normalized spacial score (nSPS) is 10.8. The van der Waals surface area contributed by atoms with Gasteiger partial charge in [-0.2, -0.15) is 0 Å². The van der Waals surface area contributed by atoms with E-state index in [1.165, 1.54) is 17.4 Å². The Morgan fingerprint density at radius 2 is 2.06 bits per heavy atom. The highest BCUT2D eigenvalue weighted by Crippen LogP contribution is 2.24. The third-order valence-electron chi connectivity index (χ3n) is 2.36. The number of aryl methyl sites for hydroxylation is 1. The quantitative estimate of drug-likeness (QED) is 0.911. The van der Waals surface area contributed by atoms with E-state index in [4.69, 9.17) is 5.73 Å². The summed E-state index contributed by atoms with van der Waals surface area (Å²) in [4.78, 5) is 4.36. The minimum atomic E-state index is -0.848. The van der Waals surface area contributed by atoms with Crippen molar-refractivity contribution >= 4 is 11.3 Å². The van der Waals surface area contributed by atoms with Crippen LogP contribution in [-0.2, 0) is 6.42 Å². The maximum Gasteiger partial charge on any atom is 0.159 e. The Kier molecular flexibility index (Phi) is 3.81. The Hall–Kier alpha value is -1.33. The molecule has 0 aliphatic rings. The van der Waals surface area contributed by atoms with E-state index < -0.39 is 11.6 Å². The van der Waals surface area contributed by atoms with E-state index in [1.807, 2.05) is 5.38 Å². The standard InChI is InChI=1S/C12H12F2N2S/c13-9-4-3-8(6-10(9)14)11-7-17-12(16-11)2-1-5-15/h3-4,6-7H,1-2,5,15H2. The summed E-state index contributed by atoms with van der Waals surface area (Å²) >= 11 is 1.51. The molecule has 0 unspecified atom stereocenters. The lowest BCUT2D eigenvalue weighted by Gasteiger charge is -1.98. The van der Waals surface area contributed by atoms with Crippen LogP contribution in [0, 0.1) is 11.6 Å². The van der Waals surface area contributed by atoms with Crippen molar-refractivity contribution in [1.29, 1.82) is 0 Å². The van der Waals surface area contributed by atoms with E-state index in [0.717, 1.165) is 30.0 Å². The average Bonchev–Trinajstić information content (AvgIpc) is 2.79. The van der Waals surface area contributed by atoms with Gasteiger partial charge in [-0.05, 0) is 31.2 Å². The fourth-order valence-electron chi connectivity index (χ4n) is 1.47. The zero-order valence-electron chi connectivity index (χ0n) is 9.12. The Labute approximate surface area is 102 Å². The molecule has 2 N–H and O–H groups in total. The molecular weight excluding hydrogens is 242 g/mol. The number of hydrogen-bond donors (Lipinski definition) is 1. The molecular formula is C12H12F2N2S. The Morgan fingerprint density at radius 1 is 1.24 bits per heavy atom. The lowest BCUT2D eigenvalue weighted by Crippen LogP contribution is -1.99. The van der Waals surface area contributed by atoms with Crippen LogP contribution in [0.2, 0.25) is 0 Å². The van der Waals surface area contributed by atoms with Crippen molar-refractivity contribution in [3.63, 3.8) is 0 Å². The van der Waals surface area contributed by atoms with Crippen LogP contribution < -0.4 is 5.73 Å². The molecule has 2 aromatic rings. The molecule has 2 nitrogen and oxygen atoms in total. The van der Waals surface area contributed by atoms with Crippen molar-refractivity contribution < 1.29 is 8.78 Å². The maximum absolute atomic E-state index is 13.1. The summed E-state index contributed by atoms with van der Waals surface area (Å²) in [5.74, 6) is -1.69. The molecule has 0 amide bonds. The highest BCUT2D eigenvalue weighted by Gasteiger charge is 2.07. The molecule has 0 bridgehead atoms. The van der Waals surface area contributed by atoms with Crippen LogP contribution >= 0.6 is 11.3 Å². The lowest BCUT2D eigenvalue weighted by atomic mass is 10.1. The van der Waals surface area contributed by atoms with Gasteiger partial charge < -0.3 is 5.73 Å². The molecule has 17 heavy (non-hydrogen) atoms. The first kappa shape index (κ1) is 12.1. The first-order valence-electron chi connectivity index (χ1n) is 5.30. The first-order valence-corrected chi connectivity index (χ1v) is 6.18. The van der Waals surface area contributed by atoms with Gasteiger partial charge >= 0.3 is 0 Å². The third kappa shape index (κ3) is 2.87. The van der Waals surface area contributed by atoms with Crippen LogP contribution in [-0.4, -0.2) is 11.5 Å². The summed E-state index contributed by atoms with van der Waals surface area (Å²) in [7, 11) is 0. The van der Waals surface area contributed by atoms with Crippen LogP contribution in [0.25, 0.3) is 11.3 Å². The summed E-state index contributed by atoms with van der Waals surface area (Å²) in [5.41, 5.74) is 6.69. The number of aromatic nitrogens is 1. The van der Waals surface area contributed by atoms with Gasteiger partial charge in [0.15, 0.2) is 11.6 Å². The molecule has 0 radical (unpaired) electrons. The van der Waals surface area contributed by atoms with Crippen molar-refractivity contribution in [3.8, 4) is 11.3 Å². The molecule has 0 aliphatic heterocycles. The molecule has 0 saturated carbocycles. The molecule has 5 heteroatoms. The van der Waals surface area contributed by atoms with Gasteiger partial charge in [0.05, 0.1) is 10.7 Å². The summed E-state index contributed by atoms with van der Waals surface area (Å²) in [6.07, 6.45) is 1.70. The van der Waals surface area contributed by atoms with E-state index >= 15 is 0 Å². The number of nitrogens with zero attached hydrogens (tertiary/aromatic N) is 1. The van der Waals surface area contributed by atoms with E-state index in [9.17, 15) is 8.78 Å².